The Bertz CT molecular complexity index is 564. The maximum absolute atomic E-state index is 12.3. The molecule has 1 amide bonds. The van der Waals surface area contributed by atoms with Crippen LogP contribution in [0.3, 0.4) is 0 Å². The summed E-state index contributed by atoms with van der Waals surface area (Å²) in [7, 11) is 0. The van der Waals surface area contributed by atoms with Crippen molar-refractivity contribution >= 4 is 11.9 Å². The van der Waals surface area contributed by atoms with E-state index in [1.165, 1.54) is 0 Å². The SMILES string of the molecule is CCC1(CC)C(=O)N[C@@H]1OC(C)(C)C(=O)OCc1ccccc1. The van der Waals surface area contributed by atoms with Gasteiger partial charge in [0.15, 0.2) is 5.60 Å². The number of ether oxygens (including phenoxy) is 2. The van der Waals surface area contributed by atoms with Gasteiger partial charge in [-0.15, -0.1) is 0 Å². The Morgan fingerprint density at radius 2 is 1.83 bits per heavy atom. The first-order chi connectivity index (χ1) is 10.9. The molecule has 0 aromatic heterocycles. The second kappa shape index (κ2) is 6.71. The molecule has 0 saturated carbocycles. The molecule has 1 N–H and O–H groups in total. The third-order valence-corrected chi connectivity index (χ3v) is 4.59. The minimum atomic E-state index is -1.12. The highest BCUT2D eigenvalue weighted by Gasteiger charge is 2.55. The molecule has 1 aliphatic heterocycles. The van der Waals surface area contributed by atoms with E-state index in [-0.39, 0.29) is 12.5 Å². The lowest BCUT2D eigenvalue weighted by atomic mass is 9.73. The van der Waals surface area contributed by atoms with Crippen molar-refractivity contribution in [3.8, 4) is 0 Å². The van der Waals surface area contributed by atoms with Gasteiger partial charge in [0.25, 0.3) is 0 Å². The van der Waals surface area contributed by atoms with Crippen molar-refractivity contribution < 1.29 is 19.1 Å². The molecule has 0 bridgehead atoms. The first-order valence-electron chi connectivity index (χ1n) is 8.05. The Labute approximate surface area is 137 Å². The highest BCUT2D eigenvalue weighted by atomic mass is 16.6. The first-order valence-corrected chi connectivity index (χ1v) is 8.05. The summed E-state index contributed by atoms with van der Waals surface area (Å²) in [6, 6.07) is 9.49. The summed E-state index contributed by atoms with van der Waals surface area (Å²) in [4.78, 5) is 24.2. The minimum Gasteiger partial charge on any atom is -0.459 e. The molecule has 0 radical (unpaired) electrons. The van der Waals surface area contributed by atoms with E-state index >= 15 is 0 Å². The smallest absolute Gasteiger partial charge is 0.338 e. The lowest BCUT2D eigenvalue weighted by Gasteiger charge is -2.49. The first kappa shape index (κ1) is 17.5. The predicted octanol–water partition coefficient (Wildman–Crippen LogP) is 2.79. The van der Waals surface area contributed by atoms with Crippen molar-refractivity contribution in [1.82, 2.24) is 5.32 Å². The molecule has 1 aromatic rings. The number of nitrogens with one attached hydrogen (secondary N) is 1. The van der Waals surface area contributed by atoms with Gasteiger partial charge in [0.05, 0.1) is 5.41 Å². The van der Waals surface area contributed by atoms with Gasteiger partial charge in [0.1, 0.15) is 12.8 Å². The zero-order valence-electron chi connectivity index (χ0n) is 14.2. The van der Waals surface area contributed by atoms with Crippen LogP contribution in [-0.2, 0) is 25.7 Å². The molecule has 126 valence electrons. The van der Waals surface area contributed by atoms with Gasteiger partial charge < -0.3 is 14.8 Å². The van der Waals surface area contributed by atoms with E-state index in [0.717, 1.165) is 5.56 Å². The molecule has 0 unspecified atom stereocenters. The highest BCUT2D eigenvalue weighted by Crippen LogP contribution is 2.40. The molecule has 0 aliphatic carbocycles. The fourth-order valence-electron chi connectivity index (χ4n) is 2.77. The Hall–Kier alpha value is -1.88. The van der Waals surface area contributed by atoms with Crippen molar-refractivity contribution in [2.24, 2.45) is 5.41 Å². The van der Waals surface area contributed by atoms with Crippen molar-refractivity contribution in [3.05, 3.63) is 35.9 Å². The van der Waals surface area contributed by atoms with Gasteiger partial charge in [-0.1, -0.05) is 44.2 Å². The summed E-state index contributed by atoms with van der Waals surface area (Å²) in [5.41, 5.74) is -0.746. The van der Waals surface area contributed by atoms with Crippen LogP contribution >= 0.6 is 0 Å². The van der Waals surface area contributed by atoms with Crippen LogP contribution in [0.4, 0.5) is 0 Å². The molecular weight excluding hydrogens is 294 g/mol. The summed E-state index contributed by atoms with van der Waals surface area (Å²) in [6.45, 7) is 7.45. The predicted molar refractivity (Wildman–Crippen MR) is 86.3 cm³/mol. The molecule has 23 heavy (non-hydrogen) atoms. The van der Waals surface area contributed by atoms with E-state index in [2.05, 4.69) is 5.32 Å². The van der Waals surface area contributed by atoms with Crippen LogP contribution in [0.1, 0.15) is 46.1 Å². The molecular formula is C18H25NO4. The average Bonchev–Trinajstić information content (AvgIpc) is 2.54. The lowest BCUT2D eigenvalue weighted by molar-refractivity contribution is -0.212. The lowest BCUT2D eigenvalue weighted by Crippen LogP contribution is -2.69. The zero-order valence-corrected chi connectivity index (χ0v) is 14.2. The van der Waals surface area contributed by atoms with Crippen LogP contribution in [0.15, 0.2) is 30.3 Å². The number of benzene rings is 1. The number of carbonyl (C=O) groups excluding carboxylic acids is 2. The van der Waals surface area contributed by atoms with Crippen LogP contribution < -0.4 is 5.32 Å². The highest BCUT2D eigenvalue weighted by molar-refractivity contribution is 5.89. The second-order valence-electron chi connectivity index (χ2n) is 6.41. The van der Waals surface area contributed by atoms with Crippen molar-refractivity contribution in [1.29, 1.82) is 0 Å². The number of esters is 1. The Balaban J connectivity index is 1.95. The summed E-state index contributed by atoms with van der Waals surface area (Å²) >= 11 is 0. The number of hydrogen-bond donors (Lipinski definition) is 1. The third-order valence-electron chi connectivity index (χ3n) is 4.59. The molecule has 5 nitrogen and oxygen atoms in total. The third kappa shape index (κ3) is 3.39. The Morgan fingerprint density at radius 3 is 2.35 bits per heavy atom. The molecule has 1 heterocycles. The van der Waals surface area contributed by atoms with Gasteiger partial charge in [-0.05, 0) is 32.3 Å². The van der Waals surface area contributed by atoms with E-state index in [0.29, 0.717) is 12.8 Å². The number of carbonyl (C=O) groups is 2. The topological polar surface area (TPSA) is 64.6 Å². The molecule has 0 spiro atoms. The number of hydrogen-bond acceptors (Lipinski definition) is 4. The van der Waals surface area contributed by atoms with E-state index in [1.807, 2.05) is 44.2 Å². The summed E-state index contributed by atoms with van der Waals surface area (Å²) in [6.07, 6.45) is 0.897. The van der Waals surface area contributed by atoms with Gasteiger partial charge in [0, 0.05) is 0 Å². The molecule has 1 atom stereocenters. The van der Waals surface area contributed by atoms with Crippen molar-refractivity contribution in [2.45, 2.75) is 59.0 Å². The van der Waals surface area contributed by atoms with Gasteiger partial charge in [-0.2, -0.15) is 0 Å². The molecule has 1 aliphatic rings. The normalized spacial score (nSPS) is 19.7. The second-order valence-corrected chi connectivity index (χ2v) is 6.41. The van der Waals surface area contributed by atoms with E-state index in [9.17, 15) is 9.59 Å². The summed E-state index contributed by atoms with van der Waals surface area (Å²) in [5.74, 6) is -0.454. The quantitative estimate of drug-likeness (QED) is 0.620. The van der Waals surface area contributed by atoms with Crippen LogP contribution in [0.2, 0.25) is 0 Å². The van der Waals surface area contributed by atoms with Crippen molar-refractivity contribution in [3.63, 3.8) is 0 Å². The molecule has 1 fully saturated rings. The van der Waals surface area contributed by atoms with Crippen LogP contribution in [0.25, 0.3) is 0 Å². The van der Waals surface area contributed by atoms with E-state index in [4.69, 9.17) is 9.47 Å². The summed E-state index contributed by atoms with van der Waals surface area (Å²) in [5, 5.41) is 2.75. The van der Waals surface area contributed by atoms with Gasteiger partial charge in [-0.3, -0.25) is 4.79 Å². The van der Waals surface area contributed by atoms with Gasteiger partial charge >= 0.3 is 5.97 Å². The maximum Gasteiger partial charge on any atom is 0.338 e. The monoisotopic (exact) mass is 319 g/mol. The fourth-order valence-corrected chi connectivity index (χ4v) is 2.77. The largest absolute Gasteiger partial charge is 0.459 e. The van der Waals surface area contributed by atoms with Crippen LogP contribution in [-0.4, -0.2) is 23.7 Å². The summed E-state index contributed by atoms with van der Waals surface area (Å²) < 4.78 is 11.2. The molecule has 5 heteroatoms. The number of β-lactam (4-membered cyclic amide) rings is 1. The zero-order chi connectivity index (χ0) is 17.1. The van der Waals surface area contributed by atoms with Crippen LogP contribution in [0.5, 0.6) is 0 Å². The minimum absolute atomic E-state index is 0.0130. The maximum atomic E-state index is 12.3. The Kier molecular flexibility index (Phi) is 5.09. The molecule has 2 rings (SSSR count). The average molecular weight is 319 g/mol. The van der Waals surface area contributed by atoms with Crippen LogP contribution in [0, 0.1) is 5.41 Å². The van der Waals surface area contributed by atoms with Crippen molar-refractivity contribution in [2.75, 3.05) is 0 Å². The standard InChI is InChI=1S/C18H25NO4/c1-5-18(6-2)14(20)19-15(18)23-17(3,4)16(21)22-12-13-10-8-7-9-11-13/h7-11,15H,5-6,12H2,1-4H3,(H,19,20)/t15-/m1/s1. The fraction of sp³-hybridized carbons (Fsp3) is 0.556. The molecule has 1 aromatic carbocycles. The van der Waals surface area contributed by atoms with E-state index in [1.54, 1.807) is 13.8 Å². The number of rotatable bonds is 7. The van der Waals surface area contributed by atoms with E-state index < -0.39 is 23.2 Å². The number of amides is 1. The van der Waals surface area contributed by atoms with Gasteiger partial charge in [-0.25, -0.2) is 4.79 Å². The molecule has 1 saturated heterocycles. The Morgan fingerprint density at radius 1 is 1.22 bits per heavy atom. The van der Waals surface area contributed by atoms with Gasteiger partial charge in [0.2, 0.25) is 5.91 Å².